The normalized spacial score (nSPS) is 20.0. The molecule has 8 heteroatoms. The summed E-state index contributed by atoms with van der Waals surface area (Å²) in [5, 5.41) is 0. The summed E-state index contributed by atoms with van der Waals surface area (Å²) in [6.45, 7) is 4.50. The number of piperidine rings is 1. The van der Waals surface area contributed by atoms with Gasteiger partial charge in [-0.2, -0.15) is 13.2 Å². The minimum Gasteiger partial charge on any atom is -0.357 e. The lowest BCUT2D eigenvalue weighted by atomic mass is 9.99. The van der Waals surface area contributed by atoms with Gasteiger partial charge in [-0.15, -0.1) is 0 Å². The highest BCUT2D eigenvalue weighted by Crippen LogP contribution is 2.30. The first-order valence-electron chi connectivity index (χ1n) is 14.0. The quantitative estimate of drug-likeness (QED) is 0.406. The van der Waals surface area contributed by atoms with Crippen molar-refractivity contribution in [1.82, 2.24) is 14.8 Å². The van der Waals surface area contributed by atoms with Crippen molar-refractivity contribution in [3.63, 3.8) is 0 Å². The molecule has 0 N–H and O–H groups in total. The molecule has 0 atom stereocenters. The smallest absolute Gasteiger partial charge is 0.357 e. The molecule has 2 aliphatic heterocycles. The number of amides is 1. The molecule has 1 saturated carbocycles. The number of benzene rings is 1. The number of pyridine rings is 1. The maximum absolute atomic E-state index is 13.5. The molecule has 5 rings (SSSR count). The van der Waals surface area contributed by atoms with Gasteiger partial charge in [-0.05, 0) is 80.0 Å². The van der Waals surface area contributed by atoms with Gasteiger partial charge in [-0.3, -0.25) is 4.79 Å². The highest BCUT2D eigenvalue weighted by molar-refractivity contribution is 5.92. The van der Waals surface area contributed by atoms with Gasteiger partial charge in [0.25, 0.3) is 0 Å². The first-order valence-corrected chi connectivity index (χ1v) is 14.0. The van der Waals surface area contributed by atoms with Crippen LogP contribution >= 0.6 is 0 Å². The number of hydrogen-bond acceptors (Lipinski definition) is 4. The molecule has 3 aliphatic rings. The van der Waals surface area contributed by atoms with E-state index in [1.165, 1.54) is 56.7 Å². The van der Waals surface area contributed by atoms with E-state index in [0.29, 0.717) is 18.2 Å². The molecule has 0 bridgehead atoms. The van der Waals surface area contributed by atoms with E-state index in [0.717, 1.165) is 62.5 Å². The van der Waals surface area contributed by atoms with Crippen LogP contribution < -0.4 is 4.90 Å². The Morgan fingerprint density at radius 1 is 0.947 bits per heavy atom. The van der Waals surface area contributed by atoms with Crippen molar-refractivity contribution in [1.29, 1.82) is 0 Å². The number of likely N-dealkylation sites (tertiary alicyclic amines) is 1. The molecular formula is C30H37F3N4O. The molecule has 1 aliphatic carbocycles. The Hall–Kier alpha value is -2.87. The summed E-state index contributed by atoms with van der Waals surface area (Å²) in [6, 6.07) is 9.80. The molecule has 204 valence electrons. The Balaban J connectivity index is 1.31. The first kappa shape index (κ1) is 26.7. The summed E-state index contributed by atoms with van der Waals surface area (Å²) in [6.07, 6.45) is 9.96. The number of anilines is 1. The zero-order valence-corrected chi connectivity index (χ0v) is 21.9. The third kappa shape index (κ3) is 6.57. The highest BCUT2D eigenvalue weighted by atomic mass is 19.4. The van der Waals surface area contributed by atoms with Crippen molar-refractivity contribution < 1.29 is 18.0 Å². The zero-order valence-electron chi connectivity index (χ0n) is 21.9. The maximum atomic E-state index is 13.5. The summed E-state index contributed by atoms with van der Waals surface area (Å²) in [7, 11) is 0. The van der Waals surface area contributed by atoms with E-state index < -0.39 is 11.7 Å². The molecule has 38 heavy (non-hydrogen) atoms. The molecule has 2 aromatic rings. The van der Waals surface area contributed by atoms with Gasteiger partial charge in [0.1, 0.15) is 5.82 Å². The van der Waals surface area contributed by atoms with Crippen molar-refractivity contribution in [2.45, 2.75) is 76.2 Å². The average molecular weight is 527 g/mol. The van der Waals surface area contributed by atoms with Crippen molar-refractivity contribution >= 4 is 17.8 Å². The largest absolute Gasteiger partial charge is 0.416 e. The molecule has 1 aromatic heterocycles. The highest BCUT2D eigenvalue weighted by Gasteiger charge is 2.32. The van der Waals surface area contributed by atoms with Gasteiger partial charge in [0.05, 0.1) is 5.56 Å². The van der Waals surface area contributed by atoms with Crippen LogP contribution in [0.25, 0.3) is 6.08 Å². The van der Waals surface area contributed by atoms with E-state index in [9.17, 15) is 18.0 Å². The van der Waals surface area contributed by atoms with Crippen molar-refractivity contribution in [2.24, 2.45) is 0 Å². The van der Waals surface area contributed by atoms with Crippen LogP contribution in [0.15, 0.2) is 48.7 Å². The predicted molar refractivity (Wildman–Crippen MR) is 144 cm³/mol. The lowest BCUT2D eigenvalue weighted by Crippen LogP contribution is -2.48. The van der Waals surface area contributed by atoms with Gasteiger partial charge in [0.2, 0.25) is 5.91 Å². The van der Waals surface area contributed by atoms with E-state index in [1.54, 1.807) is 6.08 Å². The molecule has 3 heterocycles. The third-order valence-corrected chi connectivity index (χ3v) is 8.31. The van der Waals surface area contributed by atoms with Crippen LogP contribution in [0.3, 0.4) is 0 Å². The number of carbonyl (C=O) groups excluding carboxylic acids is 1. The first-order chi connectivity index (χ1) is 18.4. The average Bonchev–Trinajstić information content (AvgIpc) is 3.66. The summed E-state index contributed by atoms with van der Waals surface area (Å²) in [5.74, 6) is 0.854. The van der Waals surface area contributed by atoms with Crippen LogP contribution in [0.4, 0.5) is 19.0 Å². The number of rotatable bonds is 7. The third-order valence-electron chi connectivity index (χ3n) is 8.31. The molecule has 5 nitrogen and oxygen atoms in total. The van der Waals surface area contributed by atoms with Crippen LogP contribution in [0.5, 0.6) is 0 Å². The Morgan fingerprint density at radius 3 is 2.29 bits per heavy atom. The molecule has 1 amide bonds. The minimum atomic E-state index is -4.37. The molecule has 3 fully saturated rings. The molecular weight excluding hydrogens is 489 g/mol. The van der Waals surface area contributed by atoms with E-state index in [-0.39, 0.29) is 11.9 Å². The Labute approximate surface area is 223 Å². The van der Waals surface area contributed by atoms with Gasteiger partial charge in [0.15, 0.2) is 0 Å². The van der Waals surface area contributed by atoms with Crippen molar-refractivity contribution in [3.8, 4) is 0 Å². The van der Waals surface area contributed by atoms with Gasteiger partial charge in [0, 0.05) is 57.1 Å². The Bertz CT molecular complexity index is 1100. The standard InChI is InChI=1S/C30H37F3N4O/c31-30(32,33)25-10-7-23(8-11-25)9-12-29(38)37(27-14-19-35(20-15-27)26-5-1-2-6-26)22-24-13-16-34-28(21-24)36-17-3-4-18-36/h7-13,16,21,26-27H,1-6,14-15,17-20,22H2/b12-9+. The second kappa shape index (κ2) is 11.9. The van der Waals surface area contributed by atoms with Crippen LogP contribution in [-0.2, 0) is 17.5 Å². The van der Waals surface area contributed by atoms with Crippen molar-refractivity contribution in [3.05, 3.63) is 65.4 Å². The van der Waals surface area contributed by atoms with E-state index in [4.69, 9.17) is 0 Å². The molecule has 1 aromatic carbocycles. The summed E-state index contributed by atoms with van der Waals surface area (Å²) in [4.78, 5) is 25.0. The monoisotopic (exact) mass is 526 g/mol. The maximum Gasteiger partial charge on any atom is 0.416 e. The number of halogens is 3. The van der Waals surface area contributed by atoms with E-state index >= 15 is 0 Å². The van der Waals surface area contributed by atoms with E-state index in [2.05, 4.69) is 20.9 Å². The SMILES string of the molecule is O=C(/C=C/c1ccc(C(F)(F)F)cc1)N(Cc1ccnc(N2CCCC2)c1)C1CCN(C2CCCC2)CC1. The number of nitrogens with zero attached hydrogens (tertiary/aromatic N) is 4. The van der Waals surface area contributed by atoms with Crippen LogP contribution in [0, 0.1) is 0 Å². The zero-order chi connectivity index (χ0) is 26.5. The molecule has 0 spiro atoms. The summed E-state index contributed by atoms with van der Waals surface area (Å²) < 4.78 is 38.7. The number of carbonyl (C=O) groups is 1. The summed E-state index contributed by atoms with van der Waals surface area (Å²) in [5.41, 5.74) is 0.933. The Kier molecular flexibility index (Phi) is 8.36. The van der Waals surface area contributed by atoms with Gasteiger partial charge >= 0.3 is 6.18 Å². The van der Waals surface area contributed by atoms with Crippen LogP contribution in [0.1, 0.15) is 68.1 Å². The minimum absolute atomic E-state index is 0.108. The second-order valence-corrected chi connectivity index (χ2v) is 10.8. The topological polar surface area (TPSA) is 39.7 Å². The number of aromatic nitrogens is 1. The number of alkyl halides is 3. The van der Waals surface area contributed by atoms with Crippen molar-refractivity contribution in [2.75, 3.05) is 31.1 Å². The fourth-order valence-electron chi connectivity index (χ4n) is 6.14. The second-order valence-electron chi connectivity index (χ2n) is 10.8. The molecule has 0 unspecified atom stereocenters. The van der Waals surface area contributed by atoms with Gasteiger partial charge in [-0.1, -0.05) is 25.0 Å². The lowest BCUT2D eigenvalue weighted by Gasteiger charge is -2.40. The van der Waals surface area contributed by atoms with Gasteiger partial charge < -0.3 is 14.7 Å². The summed E-state index contributed by atoms with van der Waals surface area (Å²) >= 11 is 0. The predicted octanol–water partition coefficient (Wildman–Crippen LogP) is 6.15. The Morgan fingerprint density at radius 2 is 1.63 bits per heavy atom. The lowest BCUT2D eigenvalue weighted by molar-refractivity contribution is -0.137. The number of hydrogen-bond donors (Lipinski definition) is 0. The van der Waals surface area contributed by atoms with Gasteiger partial charge in [-0.25, -0.2) is 4.98 Å². The molecule has 0 radical (unpaired) electrons. The van der Waals surface area contributed by atoms with E-state index in [1.807, 2.05) is 17.2 Å². The molecule has 2 saturated heterocycles. The fourth-order valence-corrected chi connectivity index (χ4v) is 6.14. The fraction of sp³-hybridized carbons (Fsp3) is 0.533. The van der Waals surface area contributed by atoms with Crippen LogP contribution in [-0.4, -0.2) is 59.0 Å². The van der Waals surface area contributed by atoms with Crippen LogP contribution in [0.2, 0.25) is 0 Å².